The Bertz CT molecular complexity index is 504. The summed E-state index contributed by atoms with van der Waals surface area (Å²) >= 11 is 0. The van der Waals surface area contributed by atoms with Gasteiger partial charge in [-0.1, -0.05) is 32.0 Å². The average Bonchev–Trinajstić information content (AvgIpc) is 2.76. The van der Waals surface area contributed by atoms with Crippen molar-refractivity contribution in [3.05, 3.63) is 29.8 Å². The number of fused-ring (bicyclic) bond motifs is 2. The highest BCUT2D eigenvalue weighted by Crippen LogP contribution is 2.74. The maximum Gasteiger partial charge on any atom is 0.124 e. The molecule has 3 atom stereocenters. The molecule has 1 heteroatoms. The van der Waals surface area contributed by atoms with Crippen molar-refractivity contribution in [1.29, 1.82) is 0 Å². The van der Waals surface area contributed by atoms with E-state index in [1.54, 1.807) is 0 Å². The largest absolute Gasteiger partial charge is 0.486 e. The lowest BCUT2D eigenvalue weighted by molar-refractivity contribution is 0.0227. The van der Waals surface area contributed by atoms with E-state index in [0.29, 0.717) is 5.41 Å². The molecule has 1 aliphatic heterocycles. The van der Waals surface area contributed by atoms with Crippen LogP contribution in [-0.4, -0.2) is 5.60 Å². The first-order valence-electron chi connectivity index (χ1n) is 6.80. The van der Waals surface area contributed by atoms with E-state index >= 15 is 0 Å². The van der Waals surface area contributed by atoms with E-state index in [1.165, 1.54) is 24.8 Å². The molecular formula is C16H20O. The van der Waals surface area contributed by atoms with Crippen LogP contribution in [0.25, 0.3) is 0 Å². The van der Waals surface area contributed by atoms with Gasteiger partial charge in [-0.05, 0) is 43.6 Å². The second-order valence-corrected chi connectivity index (χ2v) is 6.90. The summed E-state index contributed by atoms with van der Waals surface area (Å²) < 4.78 is 6.38. The summed E-state index contributed by atoms with van der Waals surface area (Å²) in [7, 11) is 0. The van der Waals surface area contributed by atoms with E-state index < -0.39 is 0 Å². The Balaban J connectivity index is 2.05. The fourth-order valence-corrected chi connectivity index (χ4v) is 5.42. The molecule has 1 heterocycles. The Kier molecular flexibility index (Phi) is 1.50. The molecule has 0 saturated heterocycles. The molecule has 3 unspecified atom stereocenters. The summed E-state index contributed by atoms with van der Waals surface area (Å²) in [5.74, 6) is 1.98. The van der Waals surface area contributed by atoms with Crippen LogP contribution in [0, 0.1) is 11.3 Å². The van der Waals surface area contributed by atoms with Gasteiger partial charge >= 0.3 is 0 Å². The van der Waals surface area contributed by atoms with Crippen LogP contribution in [0.1, 0.15) is 45.6 Å². The van der Waals surface area contributed by atoms with E-state index in [4.69, 9.17) is 4.74 Å². The Morgan fingerprint density at radius 1 is 1.18 bits per heavy atom. The summed E-state index contributed by atoms with van der Waals surface area (Å²) in [5.41, 5.74) is 2.17. The van der Waals surface area contributed by atoms with Gasteiger partial charge in [-0.2, -0.15) is 0 Å². The molecular weight excluding hydrogens is 208 g/mol. The average molecular weight is 228 g/mol. The molecule has 17 heavy (non-hydrogen) atoms. The van der Waals surface area contributed by atoms with Gasteiger partial charge in [0, 0.05) is 11.0 Å². The van der Waals surface area contributed by atoms with Gasteiger partial charge in [-0.25, -0.2) is 0 Å². The summed E-state index contributed by atoms with van der Waals surface area (Å²) in [4.78, 5) is 0. The molecule has 2 saturated carbocycles. The van der Waals surface area contributed by atoms with E-state index in [2.05, 4.69) is 45.0 Å². The van der Waals surface area contributed by atoms with Gasteiger partial charge in [0.05, 0.1) is 0 Å². The van der Waals surface area contributed by atoms with Crippen molar-refractivity contribution in [3.8, 4) is 5.75 Å². The van der Waals surface area contributed by atoms with Crippen LogP contribution in [0.5, 0.6) is 5.75 Å². The molecule has 3 aliphatic rings. The highest BCUT2D eigenvalue weighted by molar-refractivity contribution is 5.52. The van der Waals surface area contributed by atoms with Crippen molar-refractivity contribution in [3.63, 3.8) is 0 Å². The minimum absolute atomic E-state index is 0.0447. The number of ether oxygens (including phenoxy) is 1. The zero-order valence-electron chi connectivity index (χ0n) is 10.9. The normalized spacial score (nSPS) is 44.3. The zero-order valence-corrected chi connectivity index (χ0v) is 10.9. The lowest BCUT2D eigenvalue weighted by Gasteiger charge is -2.42. The standard InChI is InChI=1S/C16H20O/c1-14(2)11-8-9-16(14)12-6-4-5-7-13(12)17-15(16,3)10-11/h4-7,11H,8-10H2,1-3H3. The first-order chi connectivity index (χ1) is 8.01. The minimum atomic E-state index is 0.0447. The van der Waals surface area contributed by atoms with E-state index in [1.807, 2.05) is 0 Å². The molecule has 0 radical (unpaired) electrons. The van der Waals surface area contributed by atoms with E-state index in [9.17, 15) is 0 Å². The number of rotatable bonds is 0. The maximum atomic E-state index is 6.38. The molecule has 1 aromatic rings. The predicted octanol–water partition coefficient (Wildman–Crippen LogP) is 3.92. The molecule has 4 rings (SSSR count). The van der Waals surface area contributed by atoms with Crippen LogP contribution in [0.15, 0.2) is 24.3 Å². The van der Waals surface area contributed by atoms with Crippen LogP contribution >= 0.6 is 0 Å². The zero-order chi connectivity index (χ0) is 11.9. The first kappa shape index (κ1) is 9.99. The second kappa shape index (κ2) is 2.55. The van der Waals surface area contributed by atoms with Crippen molar-refractivity contribution in [2.75, 3.05) is 0 Å². The highest BCUT2D eigenvalue weighted by Gasteiger charge is 2.74. The quantitative estimate of drug-likeness (QED) is 0.654. The van der Waals surface area contributed by atoms with Crippen LogP contribution < -0.4 is 4.74 Å². The molecule has 2 bridgehead atoms. The molecule has 1 aromatic carbocycles. The van der Waals surface area contributed by atoms with Crippen molar-refractivity contribution >= 4 is 0 Å². The van der Waals surface area contributed by atoms with E-state index in [-0.39, 0.29) is 11.0 Å². The summed E-state index contributed by atoms with van der Waals surface area (Å²) in [6.07, 6.45) is 3.91. The Labute approximate surface area is 103 Å². The van der Waals surface area contributed by atoms with Crippen molar-refractivity contribution in [2.45, 2.75) is 51.0 Å². The lowest BCUT2D eigenvalue weighted by atomic mass is 9.61. The SMILES string of the molecule is CC12CC3CCC1(c1ccccc1O2)C3(C)C. The number of hydrogen-bond donors (Lipinski definition) is 0. The molecule has 2 aliphatic carbocycles. The van der Waals surface area contributed by atoms with Crippen molar-refractivity contribution in [2.24, 2.45) is 11.3 Å². The van der Waals surface area contributed by atoms with Crippen LogP contribution in [0.4, 0.5) is 0 Å². The summed E-state index contributed by atoms with van der Waals surface area (Å²) in [5, 5.41) is 0. The maximum absolute atomic E-state index is 6.38. The monoisotopic (exact) mass is 228 g/mol. The Hall–Kier alpha value is -0.980. The van der Waals surface area contributed by atoms with Crippen LogP contribution in [0.2, 0.25) is 0 Å². The fraction of sp³-hybridized carbons (Fsp3) is 0.625. The van der Waals surface area contributed by atoms with E-state index in [0.717, 1.165) is 11.7 Å². The number of hydrogen-bond acceptors (Lipinski definition) is 1. The topological polar surface area (TPSA) is 9.23 Å². The molecule has 90 valence electrons. The first-order valence-corrected chi connectivity index (χ1v) is 6.80. The van der Waals surface area contributed by atoms with Gasteiger partial charge in [0.25, 0.3) is 0 Å². The summed E-state index contributed by atoms with van der Waals surface area (Å²) in [6.45, 7) is 7.26. The third-order valence-electron chi connectivity index (χ3n) is 6.21. The lowest BCUT2D eigenvalue weighted by Crippen LogP contribution is -2.50. The van der Waals surface area contributed by atoms with Gasteiger partial charge < -0.3 is 4.74 Å². The molecule has 1 nitrogen and oxygen atoms in total. The van der Waals surface area contributed by atoms with Crippen LogP contribution in [0.3, 0.4) is 0 Å². The third kappa shape index (κ3) is 0.811. The molecule has 0 aromatic heterocycles. The van der Waals surface area contributed by atoms with Gasteiger partial charge in [0.1, 0.15) is 11.4 Å². The molecule has 0 amide bonds. The highest BCUT2D eigenvalue weighted by atomic mass is 16.5. The van der Waals surface area contributed by atoms with Crippen molar-refractivity contribution in [1.82, 2.24) is 0 Å². The number of para-hydroxylation sites is 1. The smallest absolute Gasteiger partial charge is 0.124 e. The Morgan fingerprint density at radius 3 is 2.71 bits per heavy atom. The molecule has 0 N–H and O–H groups in total. The van der Waals surface area contributed by atoms with Gasteiger partial charge in [0.2, 0.25) is 0 Å². The molecule has 2 fully saturated rings. The third-order valence-corrected chi connectivity index (χ3v) is 6.21. The van der Waals surface area contributed by atoms with Gasteiger partial charge in [-0.3, -0.25) is 0 Å². The molecule has 1 spiro atoms. The van der Waals surface area contributed by atoms with Gasteiger partial charge in [0.15, 0.2) is 0 Å². The predicted molar refractivity (Wildman–Crippen MR) is 68.3 cm³/mol. The minimum Gasteiger partial charge on any atom is -0.486 e. The van der Waals surface area contributed by atoms with Gasteiger partial charge in [-0.15, -0.1) is 0 Å². The summed E-state index contributed by atoms with van der Waals surface area (Å²) in [6, 6.07) is 8.72. The van der Waals surface area contributed by atoms with Crippen molar-refractivity contribution < 1.29 is 4.74 Å². The second-order valence-electron chi connectivity index (χ2n) is 6.90. The fourth-order valence-electron chi connectivity index (χ4n) is 5.42. The number of benzene rings is 1. The Morgan fingerprint density at radius 2 is 1.94 bits per heavy atom. The van der Waals surface area contributed by atoms with Crippen LogP contribution in [-0.2, 0) is 5.41 Å².